The molecule has 2 nitrogen and oxygen atoms in total. The van der Waals surface area contributed by atoms with Crippen LogP contribution >= 0.6 is 0 Å². The fourth-order valence-electron chi connectivity index (χ4n) is 5.19. The lowest BCUT2D eigenvalue weighted by Gasteiger charge is -2.33. The summed E-state index contributed by atoms with van der Waals surface area (Å²) in [6, 6.07) is 41.4. The van der Waals surface area contributed by atoms with Crippen LogP contribution in [-0.4, -0.2) is 0 Å². The summed E-state index contributed by atoms with van der Waals surface area (Å²) in [6.07, 6.45) is 0. The Labute approximate surface area is 188 Å². The molecule has 0 saturated carbocycles. The van der Waals surface area contributed by atoms with Gasteiger partial charge in [0.05, 0.1) is 0 Å². The van der Waals surface area contributed by atoms with Gasteiger partial charge in [0, 0.05) is 16.7 Å². The number of hydrogen-bond acceptors (Lipinski definition) is 2. The second kappa shape index (κ2) is 7.16. The lowest BCUT2D eigenvalue weighted by Crippen LogP contribution is -2.28. The molecule has 1 aliphatic heterocycles. The molecule has 2 atom stereocenters. The van der Waals surface area contributed by atoms with E-state index >= 15 is 0 Å². The van der Waals surface area contributed by atoms with Crippen LogP contribution in [0.3, 0.4) is 0 Å². The van der Waals surface area contributed by atoms with Gasteiger partial charge in [-0.3, -0.25) is 0 Å². The van der Waals surface area contributed by atoms with Crippen LogP contribution in [0.25, 0.3) is 11.1 Å². The highest BCUT2D eigenvalue weighted by Gasteiger charge is 2.68. The molecule has 0 amide bonds. The SMILES string of the molecule is C=C1C2(c3ccccc3)OOC1(c1ccccc1)C(c1ccccc1)=C2c1ccccc1. The van der Waals surface area contributed by atoms with E-state index in [1.165, 1.54) is 0 Å². The number of fused-ring (bicyclic) bond motifs is 2. The molecule has 6 rings (SSSR count). The quantitative estimate of drug-likeness (QED) is 0.267. The van der Waals surface area contributed by atoms with Crippen molar-refractivity contribution in [1.29, 1.82) is 0 Å². The highest BCUT2D eigenvalue weighted by molar-refractivity contribution is 6.06. The lowest BCUT2D eigenvalue weighted by atomic mass is 9.78. The molecule has 32 heavy (non-hydrogen) atoms. The first-order chi connectivity index (χ1) is 15.8. The largest absolute Gasteiger partial charge is 0.214 e. The molecule has 0 N–H and O–H groups in total. The zero-order valence-corrected chi connectivity index (χ0v) is 17.6. The van der Waals surface area contributed by atoms with Gasteiger partial charge in [0.25, 0.3) is 0 Å². The summed E-state index contributed by atoms with van der Waals surface area (Å²) in [6.45, 7) is 4.64. The Hall–Kier alpha value is -3.72. The summed E-state index contributed by atoms with van der Waals surface area (Å²) in [5.41, 5.74) is 5.41. The Kier molecular flexibility index (Phi) is 4.25. The minimum Gasteiger partial charge on any atom is -0.214 e. The topological polar surface area (TPSA) is 18.5 Å². The molecule has 1 saturated heterocycles. The molecule has 0 aromatic heterocycles. The first-order valence-electron chi connectivity index (χ1n) is 10.8. The standard InChI is InChI=1S/C30H22O2/c1-22-29(25-18-10-4-11-19-25)27(23-14-6-2-7-15-23)28(24-16-8-3-9-17-24)30(22,32-31-29)26-20-12-5-13-21-26/h2-21H,1H2. The first kappa shape index (κ1) is 19.0. The van der Waals surface area contributed by atoms with Crippen molar-refractivity contribution in [2.45, 2.75) is 11.2 Å². The zero-order chi connectivity index (χ0) is 21.6. The van der Waals surface area contributed by atoms with E-state index in [0.717, 1.165) is 39.0 Å². The van der Waals surface area contributed by atoms with E-state index in [1.54, 1.807) is 0 Å². The summed E-state index contributed by atoms with van der Waals surface area (Å²) in [5.74, 6) is 0. The first-order valence-corrected chi connectivity index (χ1v) is 10.8. The molecular formula is C30H22O2. The lowest BCUT2D eigenvalue weighted by molar-refractivity contribution is -0.339. The minimum atomic E-state index is -0.913. The second-order valence-corrected chi connectivity index (χ2v) is 8.22. The van der Waals surface area contributed by atoms with Gasteiger partial charge in [0.1, 0.15) is 0 Å². The third-order valence-corrected chi connectivity index (χ3v) is 6.58. The fourth-order valence-corrected chi connectivity index (χ4v) is 5.19. The molecule has 154 valence electrons. The summed E-state index contributed by atoms with van der Waals surface area (Å²) in [5, 5.41) is 0. The molecule has 1 heterocycles. The van der Waals surface area contributed by atoms with E-state index in [1.807, 2.05) is 48.5 Å². The average molecular weight is 415 g/mol. The monoisotopic (exact) mass is 414 g/mol. The van der Waals surface area contributed by atoms with Gasteiger partial charge in [-0.1, -0.05) is 128 Å². The molecule has 0 radical (unpaired) electrons. The van der Waals surface area contributed by atoms with Gasteiger partial charge in [-0.2, -0.15) is 0 Å². The van der Waals surface area contributed by atoms with Crippen LogP contribution in [0.1, 0.15) is 22.3 Å². The van der Waals surface area contributed by atoms with E-state index in [0.29, 0.717) is 0 Å². The fraction of sp³-hybridized carbons (Fsp3) is 0.0667. The molecule has 1 aliphatic carbocycles. The molecule has 2 aliphatic rings. The average Bonchev–Trinajstić information content (AvgIpc) is 3.31. The predicted octanol–water partition coefficient (Wildman–Crippen LogP) is 6.92. The van der Waals surface area contributed by atoms with Crippen molar-refractivity contribution in [3.63, 3.8) is 0 Å². The molecular weight excluding hydrogens is 392 g/mol. The van der Waals surface area contributed by atoms with Crippen LogP contribution in [0.15, 0.2) is 133 Å². The number of benzene rings is 4. The summed E-state index contributed by atoms with van der Waals surface area (Å²) in [7, 11) is 0. The second-order valence-electron chi connectivity index (χ2n) is 8.22. The minimum absolute atomic E-state index is 0.875. The van der Waals surface area contributed by atoms with Crippen LogP contribution in [0, 0.1) is 0 Å². The van der Waals surface area contributed by atoms with Crippen LogP contribution in [0.4, 0.5) is 0 Å². The Morgan fingerprint density at radius 3 is 1.09 bits per heavy atom. The number of rotatable bonds is 4. The Morgan fingerprint density at radius 2 is 0.750 bits per heavy atom. The molecule has 4 aromatic rings. The maximum Gasteiger partial charge on any atom is 0.179 e. The predicted molar refractivity (Wildman–Crippen MR) is 127 cm³/mol. The van der Waals surface area contributed by atoms with Crippen molar-refractivity contribution in [2.24, 2.45) is 0 Å². The van der Waals surface area contributed by atoms with Crippen LogP contribution < -0.4 is 0 Å². The van der Waals surface area contributed by atoms with E-state index in [9.17, 15) is 0 Å². The van der Waals surface area contributed by atoms with E-state index in [4.69, 9.17) is 9.78 Å². The van der Waals surface area contributed by atoms with E-state index < -0.39 is 11.2 Å². The highest BCUT2D eigenvalue weighted by Crippen LogP contribution is 2.70. The van der Waals surface area contributed by atoms with Crippen molar-refractivity contribution >= 4 is 11.1 Å². The maximum absolute atomic E-state index is 6.36. The summed E-state index contributed by atoms with van der Waals surface area (Å²) < 4.78 is 0. The van der Waals surface area contributed by atoms with Crippen molar-refractivity contribution in [3.8, 4) is 0 Å². The van der Waals surface area contributed by atoms with Gasteiger partial charge in [-0.15, -0.1) is 0 Å². The van der Waals surface area contributed by atoms with Crippen molar-refractivity contribution in [1.82, 2.24) is 0 Å². The van der Waals surface area contributed by atoms with Gasteiger partial charge in [0.2, 0.25) is 0 Å². The van der Waals surface area contributed by atoms with Gasteiger partial charge < -0.3 is 0 Å². The Balaban J connectivity index is 1.77. The maximum atomic E-state index is 6.36. The molecule has 2 heteroatoms. The Morgan fingerprint density at radius 1 is 0.438 bits per heavy atom. The van der Waals surface area contributed by atoms with Crippen LogP contribution in [-0.2, 0) is 21.0 Å². The smallest absolute Gasteiger partial charge is 0.179 e. The molecule has 4 aromatic carbocycles. The highest BCUT2D eigenvalue weighted by atomic mass is 17.2. The van der Waals surface area contributed by atoms with Gasteiger partial charge in [0.15, 0.2) is 11.2 Å². The zero-order valence-electron chi connectivity index (χ0n) is 17.6. The van der Waals surface area contributed by atoms with Gasteiger partial charge in [-0.05, 0) is 22.3 Å². The van der Waals surface area contributed by atoms with Crippen LogP contribution in [0.5, 0.6) is 0 Å². The Bertz CT molecular complexity index is 1210. The van der Waals surface area contributed by atoms with Crippen molar-refractivity contribution < 1.29 is 9.78 Å². The molecule has 0 spiro atoms. The third-order valence-electron chi connectivity index (χ3n) is 6.58. The van der Waals surface area contributed by atoms with E-state index in [2.05, 4.69) is 79.4 Å². The van der Waals surface area contributed by atoms with Crippen molar-refractivity contribution in [3.05, 3.63) is 156 Å². The van der Waals surface area contributed by atoms with Gasteiger partial charge in [-0.25, -0.2) is 9.78 Å². The normalized spacial score (nSPS) is 24.2. The van der Waals surface area contributed by atoms with Crippen molar-refractivity contribution in [2.75, 3.05) is 0 Å². The van der Waals surface area contributed by atoms with Gasteiger partial charge >= 0.3 is 0 Å². The molecule has 2 unspecified atom stereocenters. The van der Waals surface area contributed by atoms with Crippen LogP contribution in [0.2, 0.25) is 0 Å². The summed E-state index contributed by atoms with van der Waals surface area (Å²) >= 11 is 0. The molecule has 1 fully saturated rings. The van der Waals surface area contributed by atoms with E-state index in [-0.39, 0.29) is 0 Å². The summed E-state index contributed by atoms with van der Waals surface area (Å²) in [4.78, 5) is 12.7. The third kappa shape index (κ3) is 2.42. The molecule has 2 bridgehead atoms. The number of hydrogen-bond donors (Lipinski definition) is 0.